The largest absolute Gasteiger partial charge is 0.328 e. The molecule has 1 aromatic heterocycles. The summed E-state index contributed by atoms with van der Waals surface area (Å²) in [5, 5.41) is 3.53. The van der Waals surface area contributed by atoms with Gasteiger partial charge in [0.25, 0.3) is 5.91 Å². The van der Waals surface area contributed by atoms with Crippen LogP contribution < -0.4 is 5.32 Å². The van der Waals surface area contributed by atoms with Gasteiger partial charge in [-0.15, -0.1) is 0 Å². The summed E-state index contributed by atoms with van der Waals surface area (Å²) in [6.07, 6.45) is 7.91. The molecule has 0 atom stereocenters. The van der Waals surface area contributed by atoms with Crippen LogP contribution in [-0.4, -0.2) is 26.9 Å². The molecule has 1 aliphatic heterocycles. The SMILES string of the molecule is O=C1/C(=C/c2ccccn2)NC(=S)N1C1CCCC1. The number of amides is 1. The van der Waals surface area contributed by atoms with Gasteiger partial charge in [0.15, 0.2) is 5.11 Å². The van der Waals surface area contributed by atoms with Crippen LogP contribution in [0.2, 0.25) is 0 Å². The van der Waals surface area contributed by atoms with Crippen molar-refractivity contribution >= 4 is 29.3 Å². The first-order valence-electron chi connectivity index (χ1n) is 6.53. The minimum atomic E-state index is -0.0254. The summed E-state index contributed by atoms with van der Waals surface area (Å²) < 4.78 is 0. The molecule has 0 radical (unpaired) electrons. The number of rotatable bonds is 2. The number of aromatic nitrogens is 1. The highest BCUT2D eigenvalue weighted by Crippen LogP contribution is 2.27. The average Bonchev–Trinajstić information content (AvgIpc) is 3.01. The maximum absolute atomic E-state index is 12.4. The van der Waals surface area contributed by atoms with Crippen LogP contribution in [0.5, 0.6) is 0 Å². The zero-order chi connectivity index (χ0) is 13.2. The van der Waals surface area contributed by atoms with E-state index in [4.69, 9.17) is 12.2 Å². The van der Waals surface area contributed by atoms with E-state index in [1.54, 1.807) is 17.2 Å². The van der Waals surface area contributed by atoms with Crippen molar-refractivity contribution in [1.29, 1.82) is 0 Å². The fourth-order valence-electron chi connectivity index (χ4n) is 2.65. The average molecular weight is 273 g/mol. The highest BCUT2D eigenvalue weighted by Gasteiger charge is 2.37. The monoisotopic (exact) mass is 273 g/mol. The van der Waals surface area contributed by atoms with Crippen molar-refractivity contribution in [3.8, 4) is 0 Å². The predicted octanol–water partition coefficient (Wildman–Crippen LogP) is 2.08. The van der Waals surface area contributed by atoms with Gasteiger partial charge in [-0.25, -0.2) is 0 Å². The predicted molar refractivity (Wildman–Crippen MR) is 77.0 cm³/mol. The van der Waals surface area contributed by atoms with Crippen molar-refractivity contribution in [3.05, 3.63) is 35.8 Å². The molecule has 1 saturated carbocycles. The fourth-order valence-corrected chi connectivity index (χ4v) is 2.99. The van der Waals surface area contributed by atoms with Gasteiger partial charge in [-0.05, 0) is 43.3 Å². The van der Waals surface area contributed by atoms with E-state index in [9.17, 15) is 4.79 Å². The van der Waals surface area contributed by atoms with Crippen LogP contribution in [0.25, 0.3) is 6.08 Å². The highest BCUT2D eigenvalue weighted by atomic mass is 32.1. The van der Waals surface area contributed by atoms with Crippen LogP contribution in [0.1, 0.15) is 31.4 Å². The molecule has 3 rings (SSSR count). The first-order valence-corrected chi connectivity index (χ1v) is 6.94. The molecule has 0 spiro atoms. The number of hydrogen-bond donors (Lipinski definition) is 1. The number of carbonyl (C=O) groups is 1. The summed E-state index contributed by atoms with van der Waals surface area (Å²) >= 11 is 5.28. The molecule has 1 N–H and O–H groups in total. The summed E-state index contributed by atoms with van der Waals surface area (Å²) in [6.45, 7) is 0. The van der Waals surface area contributed by atoms with Crippen molar-refractivity contribution in [1.82, 2.24) is 15.2 Å². The van der Waals surface area contributed by atoms with Crippen molar-refractivity contribution in [2.45, 2.75) is 31.7 Å². The molecule has 98 valence electrons. The second-order valence-corrected chi connectivity index (χ2v) is 5.24. The third-order valence-corrected chi connectivity index (χ3v) is 3.88. The molecule has 19 heavy (non-hydrogen) atoms. The van der Waals surface area contributed by atoms with Crippen LogP contribution in [-0.2, 0) is 4.79 Å². The van der Waals surface area contributed by atoms with Crippen LogP contribution in [0, 0.1) is 0 Å². The molecule has 2 aliphatic rings. The number of thiocarbonyl (C=S) groups is 1. The first-order chi connectivity index (χ1) is 9.25. The molecule has 1 aromatic rings. The summed E-state index contributed by atoms with van der Waals surface area (Å²) in [6, 6.07) is 5.87. The summed E-state index contributed by atoms with van der Waals surface area (Å²) in [7, 11) is 0. The van der Waals surface area contributed by atoms with E-state index < -0.39 is 0 Å². The Morgan fingerprint density at radius 3 is 2.84 bits per heavy atom. The molecule has 1 saturated heterocycles. The molecule has 1 aliphatic carbocycles. The van der Waals surface area contributed by atoms with Crippen molar-refractivity contribution in [3.63, 3.8) is 0 Å². The Morgan fingerprint density at radius 1 is 1.37 bits per heavy atom. The fraction of sp³-hybridized carbons (Fsp3) is 0.357. The van der Waals surface area contributed by atoms with Gasteiger partial charge < -0.3 is 5.32 Å². The third-order valence-electron chi connectivity index (χ3n) is 3.58. The Kier molecular flexibility index (Phi) is 3.29. The number of pyridine rings is 1. The van der Waals surface area contributed by atoms with E-state index in [0.717, 1.165) is 18.5 Å². The molecule has 2 heterocycles. The second-order valence-electron chi connectivity index (χ2n) is 4.86. The van der Waals surface area contributed by atoms with Gasteiger partial charge in [0.05, 0.1) is 5.69 Å². The zero-order valence-electron chi connectivity index (χ0n) is 10.5. The lowest BCUT2D eigenvalue weighted by molar-refractivity contribution is -0.123. The van der Waals surface area contributed by atoms with Crippen molar-refractivity contribution in [2.24, 2.45) is 0 Å². The Labute approximate surface area is 117 Å². The summed E-state index contributed by atoms with van der Waals surface area (Å²) in [5.74, 6) is -0.0254. The van der Waals surface area contributed by atoms with Gasteiger partial charge in [0.2, 0.25) is 0 Å². The van der Waals surface area contributed by atoms with Crippen LogP contribution >= 0.6 is 12.2 Å². The Morgan fingerprint density at radius 2 is 2.16 bits per heavy atom. The van der Waals surface area contributed by atoms with E-state index in [1.807, 2.05) is 18.2 Å². The molecule has 4 nitrogen and oxygen atoms in total. The molecular weight excluding hydrogens is 258 g/mol. The van der Waals surface area contributed by atoms with Crippen LogP contribution in [0.3, 0.4) is 0 Å². The number of carbonyl (C=O) groups excluding carboxylic acids is 1. The lowest BCUT2D eigenvalue weighted by Gasteiger charge is -2.21. The second kappa shape index (κ2) is 5.09. The molecule has 0 bridgehead atoms. The van der Waals surface area contributed by atoms with Gasteiger partial charge in [-0.3, -0.25) is 14.7 Å². The minimum Gasteiger partial charge on any atom is -0.328 e. The van der Waals surface area contributed by atoms with Gasteiger partial charge in [-0.1, -0.05) is 18.9 Å². The first kappa shape index (κ1) is 12.3. The van der Waals surface area contributed by atoms with Crippen LogP contribution in [0.4, 0.5) is 0 Å². The minimum absolute atomic E-state index is 0.0254. The lowest BCUT2D eigenvalue weighted by atomic mass is 10.2. The molecule has 0 aromatic carbocycles. The topological polar surface area (TPSA) is 45.2 Å². The molecule has 0 unspecified atom stereocenters. The van der Waals surface area contributed by atoms with E-state index in [-0.39, 0.29) is 11.9 Å². The van der Waals surface area contributed by atoms with Gasteiger partial charge in [0.1, 0.15) is 5.70 Å². The zero-order valence-corrected chi connectivity index (χ0v) is 11.3. The Balaban J connectivity index is 1.84. The molecule has 1 amide bonds. The van der Waals surface area contributed by atoms with Gasteiger partial charge in [0, 0.05) is 12.2 Å². The smallest absolute Gasteiger partial charge is 0.276 e. The third kappa shape index (κ3) is 2.38. The normalized spacial score (nSPS) is 22.3. The van der Waals surface area contributed by atoms with Crippen LogP contribution in [0.15, 0.2) is 30.1 Å². The Hall–Kier alpha value is -1.75. The highest BCUT2D eigenvalue weighted by molar-refractivity contribution is 7.80. The number of nitrogens with zero attached hydrogens (tertiary/aromatic N) is 2. The van der Waals surface area contributed by atoms with E-state index in [0.29, 0.717) is 10.8 Å². The summed E-state index contributed by atoms with van der Waals surface area (Å²) in [5.41, 5.74) is 1.28. The quantitative estimate of drug-likeness (QED) is 0.662. The van der Waals surface area contributed by atoms with Crippen molar-refractivity contribution < 1.29 is 4.79 Å². The van der Waals surface area contributed by atoms with E-state index in [2.05, 4.69) is 10.3 Å². The van der Waals surface area contributed by atoms with Crippen molar-refractivity contribution in [2.75, 3.05) is 0 Å². The Bertz CT molecular complexity index is 535. The number of hydrogen-bond acceptors (Lipinski definition) is 3. The van der Waals surface area contributed by atoms with Gasteiger partial charge >= 0.3 is 0 Å². The maximum atomic E-state index is 12.4. The van der Waals surface area contributed by atoms with Gasteiger partial charge in [-0.2, -0.15) is 0 Å². The number of nitrogens with one attached hydrogen (secondary N) is 1. The lowest BCUT2D eigenvalue weighted by Crippen LogP contribution is -2.38. The maximum Gasteiger partial charge on any atom is 0.276 e. The molecule has 2 fully saturated rings. The standard InChI is InChI=1S/C14H15N3OS/c18-13-12(9-10-5-3-4-8-15-10)16-14(19)17(13)11-6-1-2-7-11/h3-5,8-9,11H,1-2,6-7H2,(H,16,19)/b12-9-. The molecular formula is C14H15N3OS. The van der Waals surface area contributed by atoms with E-state index in [1.165, 1.54) is 12.8 Å². The summed E-state index contributed by atoms with van der Waals surface area (Å²) in [4.78, 5) is 18.3. The molecule has 5 heteroatoms. The van der Waals surface area contributed by atoms with E-state index >= 15 is 0 Å².